The van der Waals surface area contributed by atoms with Gasteiger partial charge >= 0.3 is 5.97 Å². The first-order valence-electron chi connectivity index (χ1n) is 11.1. The van der Waals surface area contributed by atoms with Crippen molar-refractivity contribution >= 4 is 62.2 Å². The van der Waals surface area contributed by atoms with Crippen molar-refractivity contribution in [2.24, 2.45) is 0 Å². The van der Waals surface area contributed by atoms with Gasteiger partial charge in [0.2, 0.25) is 5.16 Å². The van der Waals surface area contributed by atoms with Crippen molar-refractivity contribution in [3.8, 4) is 17.1 Å². The van der Waals surface area contributed by atoms with Crippen LogP contribution in [0.5, 0.6) is 5.75 Å². The Morgan fingerprint density at radius 1 is 1.19 bits per heavy atom. The summed E-state index contributed by atoms with van der Waals surface area (Å²) in [6.45, 7) is 0.656. The molecule has 0 aliphatic heterocycles. The molecule has 5 aromatic rings. The molecule has 7 nitrogen and oxygen atoms in total. The lowest BCUT2D eigenvalue weighted by atomic mass is 10.1. The number of hydrogen-bond acceptors (Lipinski definition) is 5. The van der Waals surface area contributed by atoms with E-state index in [-0.39, 0.29) is 10.1 Å². The van der Waals surface area contributed by atoms with Gasteiger partial charge in [-0.1, -0.05) is 57.9 Å². The summed E-state index contributed by atoms with van der Waals surface area (Å²) in [5, 5.41) is 18.8. The summed E-state index contributed by atoms with van der Waals surface area (Å²) in [5.74, 6) is -0.0659. The summed E-state index contributed by atoms with van der Waals surface area (Å²) in [6.07, 6.45) is 3.62. The highest BCUT2D eigenvalue weighted by atomic mass is 79.9. The van der Waals surface area contributed by atoms with E-state index < -0.39 is 5.97 Å². The molecule has 2 N–H and O–H groups in total. The van der Waals surface area contributed by atoms with Crippen molar-refractivity contribution in [3.05, 3.63) is 98.5 Å². The molecule has 2 heterocycles. The Kier molecular flexibility index (Phi) is 7.36. The summed E-state index contributed by atoms with van der Waals surface area (Å²) >= 11 is 10.6. The number of fused-ring (bicyclic) bond motifs is 1. The fourth-order valence-electron chi connectivity index (χ4n) is 3.96. The topological polar surface area (TPSA) is 93.0 Å². The second-order valence-electron chi connectivity index (χ2n) is 8.08. The van der Waals surface area contributed by atoms with Crippen LogP contribution in [-0.4, -0.2) is 37.9 Å². The second-order valence-corrected chi connectivity index (χ2v) is 10.4. The molecular weight excluding hydrogens is 576 g/mol. The Bertz CT molecular complexity index is 1630. The number of carboxylic acid groups (broad SMARTS) is 1. The number of methoxy groups -OCH3 is 1. The van der Waals surface area contributed by atoms with Gasteiger partial charge in [0.1, 0.15) is 10.7 Å². The van der Waals surface area contributed by atoms with Gasteiger partial charge in [-0.05, 0) is 59.8 Å². The van der Waals surface area contributed by atoms with Crippen LogP contribution >= 0.6 is 39.3 Å². The zero-order valence-electron chi connectivity index (χ0n) is 19.5. The highest BCUT2D eigenvalue weighted by Gasteiger charge is 2.18. The molecule has 5 rings (SSSR count). The third-order valence-electron chi connectivity index (χ3n) is 5.67. The lowest BCUT2D eigenvalue weighted by Gasteiger charge is -2.05. The number of ether oxygens (including phenoxy) is 1. The number of nitrogens with zero attached hydrogens (tertiary/aromatic N) is 3. The number of rotatable bonds is 8. The highest BCUT2D eigenvalue weighted by Crippen LogP contribution is 2.34. The number of carboxylic acids is 1. The number of aromatic nitrogens is 4. The van der Waals surface area contributed by atoms with E-state index in [1.165, 1.54) is 0 Å². The minimum atomic E-state index is -1.07. The molecule has 186 valence electrons. The van der Waals surface area contributed by atoms with Crippen LogP contribution in [0.4, 0.5) is 0 Å². The monoisotopic (exact) mass is 594 g/mol. The average Bonchev–Trinajstić information content (AvgIpc) is 3.50. The van der Waals surface area contributed by atoms with E-state index in [4.69, 9.17) is 16.3 Å². The van der Waals surface area contributed by atoms with E-state index in [0.717, 1.165) is 38.3 Å². The van der Waals surface area contributed by atoms with Crippen LogP contribution in [0.3, 0.4) is 0 Å². The van der Waals surface area contributed by atoms with Crippen molar-refractivity contribution < 1.29 is 14.6 Å². The predicted molar refractivity (Wildman–Crippen MR) is 150 cm³/mol. The Labute approximate surface area is 230 Å². The van der Waals surface area contributed by atoms with Crippen LogP contribution in [0.2, 0.25) is 5.02 Å². The predicted octanol–water partition coefficient (Wildman–Crippen LogP) is 7.12. The molecule has 0 unspecified atom stereocenters. The molecule has 37 heavy (non-hydrogen) atoms. The fraction of sp³-hybridized carbons (Fsp3) is 0.0741. The number of nitrogens with one attached hydrogen (secondary N) is 1. The van der Waals surface area contributed by atoms with Gasteiger partial charge in [0.15, 0.2) is 5.82 Å². The van der Waals surface area contributed by atoms with Gasteiger partial charge in [0, 0.05) is 38.7 Å². The van der Waals surface area contributed by atoms with E-state index in [0.29, 0.717) is 28.7 Å². The molecule has 0 fully saturated rings. The van der Waals surface area contributed by atoms with Gasteiger partial charge in [-0.15, -0.1) is 5.10 Å². The number of H-pyrrole nitrogens is 1. The zero-order valence-corrected chi connectivity index (χ0v) is 22.6. The number of hydrogen-bond donors (Lipinski definition) is 2. The Hall–Kier alpha value is -3.53. The normalized spacial score (nSPS) is 11.7. The van der Waals surface area contributed by atoms with Crippen molar-refractivity contribution in [2.45, 2.75) is 11.7 Å². The standard InChI is InChI=1S/C27H20BrClN4O3S/c1-36-23-11-10-19(29)13-21(23)25-30-27(32-31-25)37-24(26(34)35)12-17-15-33(22-5-3-2-4-20(17)22)14-16-6-8-18(28)9-7-16/h2-13,15H,14H2,1H3,(H,34,35)(H,30,31,32)/b24-12-. The number of thioether (sulfide) groups is 1. The van der Waals surface area contributed by atoms with Gasteiger partial charge in [-0.3, -0.25) is 5.10 Å². The third kappa shape index (κ3) is 5.58. The average molecular weight is 596 g/mol. The first-order chi connectivity index (χ1) is 17.9. The summed E-state index contributed by atoms with van der Waals surface area (Å²) in [6, 6.07) is 21.2. The van der Waals surface area contributed by atoms with Crippen LogP contribution in [0, 0.1) is 0 Å². The van der Waals surface area contributed by atoms with Crippen LogP contribution in [0.15, 0.2) is 87.5 Å². The molecule has 10 heteroatoms. The maximum Gasteiger partial charge on any atom is 0.342 e. The minimum Gasteiger partial charge on any atom is -0.496 e. The van der Waals surface area contributed by atoms with E-state index in [2.05, 4.69) is 47.8 Å². The third-order valence-corrected chi connectivity index (χ3v) is 7.31. The molecule has 0 spiro atoms. The Morgan fingerprint density at radius 2 is 1.97 bits per heavy atom. The van der Waals surface area contributed by atoms with Gasteiger partial charge in [-0.25, -0.2) is 9.78 Å². The number of benzene rings is 3. The Morgan fingerprint density at radius 3 is 2.73 bits per heavy atom. The number of aromatic amines is 1. The second kappa shape index (κ2) is 10.8. The molecule has 3 aromatic carbocycles. The molecule has 0 radical (unpaired) electrons. The number of para-hydroxylation sites is 1. The lowest BCUT2D eigenvalue weighted by Crippen LogP contribution is -1.98. The van der Waals surface area contributed by atoms with Crippen molar-refractivity contribution in [1.82, 2.24) is 19.7 Å². The molecule has 2 aromatic heterocycles. The zero-order chi connectivity index (χ0) is 25.9. The Balaban J connectivity index is 1.47. The number of aliphatic carboxylic acids is 1. The summed E-state index contributed by atoms with van der Waals surface area (Å²) < 4.78 is 8.52. The smallest absolute Gasteiger partial charge is 0.342 e. The number of halogens is 2. The summed E-state index contributed by atoms with van der Waals surface area (Å²) in [5.41, 5.74) is 3.58. The van der Waals surface area contributed by atoms with Gasteiger partial charge in [0.05, 0.1) is 12.7 Å². The summed E-state index contributed by atoms with van der Waals surface area (Å²) in [7, 11) is 1.55. The van der Waals surface area contributed by atoms with E-state index in [9.17, 15) is 9.90 Å². The molecule has 0 bridgehead atoms. The molecular formula is C27H20BrClN4O3S. The first-order valence-corrected chi connectivity index (χ1v) is 13.1. The molecule has 0 atom stereocenters. The minimum absolute atomic E-state index is 0.0927. The molecule has 0 saturated carbocycles. The van der Waals surface area contributed by atoms with Crippen LogP contribution < -0.4 is 4.74 Å². The lowest BCUT2D eigenvalue weighted by molar-refractivity contribution is -0.131. The number of carbonyl (C=O) groups is 1. The van der Waals surface area contributed by atoms with Crippen LogP contribution in [-0.2, 0) is 11.3 Å². The molecule has 0 aliphatic rings. The molecule has 0 amide bonds. The van der Waals surface area contributed by atoms with Gasteiger partial charge in [0.25, 0.3) is 0 Å². The van der Waals surface area contributed by atoms with Gasteiger partial charge < -0.3 is 14.4 Å². The van der Waals surface area contributed by atoms with E-state index in [1.807, 2.05) is 42.6 Å². The van der Waals surface area contributed by atoms with E-state index >= 15 is 0 Å². The highest BCUT2D eigenvalue weighted by molar-refractivity contribution is 9.10. The maximum atomic E-state index is 12.2. The molecule has 0 saturated heterocycles. The van der Waals surface area contributed by atoms with Crippen molar-refractivity contribution in [2.75, 3.05) is 7.11 Å². The summed E-state index contributed by atoms with van der Waals surface area (Å²) in [4.78, 5) is 16.8. The quantitative estimate of drug-likeness (QED) is 0.147. The van der Waals surface area contributed by atoms with Crippen molar-refractivity contribution in [3.63, 3.8) is 0 Å². The van der Waals surface area contributed by atoms with Crippen LogP contribution in [0.1, 0.15) is 11.1 Å². The maximum absolute atomic E-state index is 12.2. The van der Waals surface area contributed by atoms with Crippen LogP contribution in [0.25, 0.3) is 28.4 Å². The first kappa shape index (κ1) is 25.1. The largest absolute Gasteiger partial charge is 0.496 e. The SMILES string of the molecule is COc1ccc(Cl)cc1-c1nc(S/C(=C\c2cn(Cc3ccc(Br)cc3)c3ccccc23)C(=O)O)n[nH]1. The van der Waals surface area contributed by atoms with Gasteiger partial charge in [-0.2, -0.15) is 0 Å². The van der Waals surface area contributed by atoms with E-state index in [1.54, 1.807) is 31.4 Å². The van der Waals surface area contributed by atoms with Crippen molar-refractivity contribution in [1.29, 1.82) is 0 Å². The fourth-order valence-corrected chi connectivity index (χ4v) is 5.09. The molecule has 0 aliphatic carbocycles.